The molecule has 131 heavy (non-hydrogen) atoms. The Hall–Kier alpha value is -10.7. The fourth-order valence-electron chi connectivity index (χ4n) is 18.0. The summed E-state index contributed by atoms with van der Waals surface area (Å²) >= 11 is 2.91. The number of amides is 9. The average molecular weight is 1870 g/mol. The van der Waals surface area contributed by atoms with Gasteiger partial charge in [0.1, 0.15) is 81.8 Å². The molecule has 10 N–H and O–H groups in total. The van der Waals surface area contributed by atoms with E-state index in [1.165, 1.54) is 56.0 Å². The number of ether oxygens (including phenoxy) is 4. The number of nitrogens with one attached hydrogen (secondary N) is 8. The molecule has 7 aliphatic rings. The van der Waals surface area contributed by atoms with Gasteiger partial charge in [-0.05, 0) is 132 Å². The first-order chi connectivity index (χ1) is 61.3. The highest BCUT2D eigenvalue weighted by molar-refractivity contribution is 7.89. The number of aliphatic carboxylic acids is 2. The number of carbonyl (C=O) groups is 9. The molecular formula is C95H134N16O17S3. The van der Waals surface area contributed by atoms with Crippen LogP contribution in [0.15, 0.2) is 94.5 Å². The first-order valence-electron chi connectivity index (χ1n) is 45.2. The second-order valence-corrected chi connectivity index (χ2v) is 41.9. The van der Waals surface area contributed by atoms with Gasteiger partial charge in [0.15, 0.2) is 10.3 Å². The van der Waals surface area contributed by atoms with E-state index >= 15 is 4.79 Å². The second-order valence-electron chi connectivity index (χ2n) is 38.2. The molecule has 7 fully saturated rings. The van der Waals surface area contributed by atoms with Crippen molar-refractivity contribution in [1.82, 2.24) is 70.8 Å². The Labute approximate surface area is 777 Å². The van der Waals surface area contributed by atoms with E-state index in [9.17, 15) is 57.0 Å². The topological polar surface area (TPSA) is 426 Å². The summed E-state index contributed by atoms with van der Waals surface area (Å²) < 4.78 is 52.8. The summed E-state index contributed by atoms with van der Waals surface area (Å²) in [5.41, 5.74) is -0.275. The van der Waals surface area contributed by atoms with E-state index in [0.717, 1.165) is 68.1 Å². The van der Waals surface area contributed by atoms with Crippen molar-refractivity contribution in [2.75, 3.05) is 64.6 Å². The van der Waals surface area contributed by atoms with Crippen molar-refractivity contribution in [3.05, 3.63) is 89.6 Å². The quantitative estimate of drug-likeness (QED) is 0.0269. The molecule has 0 radical (unpaired) electrons. The van der Waals surface area contributed by atoms with Crippen LogP contribution in [-0.2, 0) is 43.6 Å². The van der Waals surface area contributed by atoms with Gasteiger partial charge in [-0.2, -0.15) is 4.31 Å². The zero-order valence-electron chi connectivity index (χ0n) is 76.1. The van der Waals surface area contributed by atoms with Gasteiger partial charge < -0.3 is 86.4 Å². The van der Waals surface area contributed by atoms with E-state index in [2.05, 4.69) is 42.5 Å². The zero-order valence-corrected chi connectivity index (χ0v) is 78.5. The number of hydrogen-bond acceptors (Lipinski definition) is 23. The molecule has 714 valence electrons. The second kappa shape index (κ2) is 42.9. The molecule has 0 spiro atoms. The Bertz CT molecular complexity index is 5350. The number of hydrogen-bond donors (Lipinski definition) is 10. The van der Waals surface area contributed by atoms with Crippen LogP contribution in [0.1, 0.15) is 213 Å². The van der Waals surface area contributed by atoms with Gasteiger partial charge in [0.25, 0.3) is 0 Å². The molecule has 2 saturated carbocycles. The number of nitrogens with zero attached hydrogens (tertiary/aromatic N) is 8. The summed E-state index contributed by atoms with van der Waals surface area (Å²) in [6.45, 7) is 20.7. The number of benzene rings is 3. The molecule has 7 aromatic rings. The lowest BCUT2D eigenvalue weighted by Crippen LogP contribution is -2.59. The van der Waals surface area contributed by atoms with E-state index in [-0.39, 0.29) is 88.5 Å². The summed E-state index contributed by atoms with van der Waals surface area (Å²) in [5, 5.41) is 51.8. The van der Waals surface area contributed by atoms with Crippen LogP contribution >= 0.6 is 22.7 Å². The van der Waals surface area contributed by atoms with E-state index in [1.807, 2.05) is 110 Å². The van der Waals surface area contributed by atoms with Crippen LogP contribution < -0.4 is 61.5 Å². The molecule has 14 rings (SSSR count). The van der Waals surface area contributed by atoms with Crippen LogP contribution in [0, 0.1) is 22.7 Å². The van der Waals surface area contributed by atoms with Crippen LogP contribution in [0.3, 0.4) is 0 Å². The van der Waals surface area contributed by atoms with E-state index < -0.39 is 128 Å². The Balaban J connectivity index is 0.000000250. The third-order valence-electron chi connectivity index (χ3n) is 25.7. The van der Waals surface area contributed by atoms with Crippen molar-refractivity contribution in [2.24, 2.45) is 22.7 Å². The Morgan fingerprint density at radius 2 is 0.985 bits per heavy atom. The van der Waals surface area contributed by atoms with Gasteiger partial charge in [0, 0.05) is 110 Å². The Morgan fingerprint density at radius 3 is 1.38 bits per heavy atom. The molecule has 2 aliphatic carbocycles. The van der Waals surface area contributed by atoms with Gasteiger partial charge in [0.05, 0.1) is 60.7 Å². The highest BCUT2D eigenvalue weighted by Crippen LogP contribution is 2.50. The van der Waals surface area contributed by atoms with Crippen LogP contribution in [-0.4, -0.2) is 237 Å². The summed E-state index contributed by atoms with van der Waals surface area (Å²) in [5.74, 6) is -2.56. The van der Waals surface area contributed by atoms with Crippen LogP contribution in [0.25, 0.3) is 44.6 Å². The SMILES string of the molecule is C.C.COc1ccc2c(O[C@@H]3C[C@H]4C(=O)N[C@]5(C(=O)O)CC5CCCCCCC[C@H](NC(=O)N[C@H](CN(C)S(=O)(=O)c5ccccc5)C(C)(C)C)C(=O)N4C3)cc(-c3csc(NC(C)C)n3)nc2c1.COc1ccc2c(O[C@@H]3C[C@H]4C(=O)N[C@]5(C(=O)O)CC5CCCCCCC[C@H](NC(=O)N[C@H](CN5CCCC5=O)C(C)(C)C)C(=O)N4C3)cc(-c3csc(NC(C)C)n3)nc2c1. The molecule has 5 saturated heterocycles. The van der Waals surface area contributed by atoms with E-state index in [0.29, 0.717) is 132 Å². The fourth-order valence-corrected chi connectivity index (χ4v) is 20.9. The van der Waals surface area contributed by atoms with E-state index in [4.69, 9.17) is 38.9 Å². The summed E-state index contributed by atoms with van der Waals surface area (Å²) in [6, 6.07) is 16.4. The number of carboxylic acids is 2. The lowest BCUT2D eigenvalue weighted by atomic mass is 9.86. The van der Waals surface area contributed by atoms with Crippen molar-refractivity contribution >= 4 is 118 Å². The minimum atomic E-state index is -3.89. The maximum absolute atomic E-state index is 15.0. The maximum Gasteiger partial charge on any atom is 0.329 e. The van der Waals surface area contributed by atoms with Crippen molar-refractivity contribution in [2.45, 2.75) is 289 Å². The standard InChI is InChI=1S/C48H64N8O9S2.C45H62N8O8S.2CH4/c1-29(2)49-46-52-38(28-66-46)37-24-40(34-21-20-31(64-7)22-36(34)50-37)65-32-23-39-42(57)54-48(44(59)60)25-30(48)16-12-9-8-10-15-19-35(43(58)56(39)26-32)51-45(61)53-41(47(3,4)5)27-55(6)67(62,63)33-17-13-11-14-18-33;1-26(2)46-43-49-34(25-62-43)33-21-36(30-17-16-28(60-6)19-32(30)47-33)61-29-20-35-39(55)51-45(41(57)58)22-27(45)13-10-8-7-9-11-14-31(40(56)53(35)23-29)48-42(59)50-37(44(3,4)5)24-52-18-12-15-38(52)54;;/h11,13-14,17-18,20-22,24,28-30,32,35,39,41H,8-10,12,15-16,19,23,25-27H2,1-7H3,(H,49,52)(H,54,57)(H,59,60)(H2,51,53,61);16-17,19,21,25-27,29,31,35,37H,7-15,18,20,22-24H2,1-6H3,(H,46,49)(H,51,55)(H,57,58)(H2,48,50,59);2*1H4/t30?,32-,35+,39+,41-,48-;27?,29-,31+,35+,37-,45-;;/m11../s1. The van der Waals surface area contributed by atoms with Crippen LogP contribution in [0.2, 0.25) is 0 Å². The van der Waals surface area contributed by atoms with Crippen molar-refractivity contribution < 1.29 is 80.7 Å². The number of urea groups is 2. The highest BCUT2D eigenvalue weighted by Gasteiger charge is 2.63. The molecule has 0 bridgehead atoms. The summed E-state index contributed by atoms with van der Waals surface area (Å²) in [7, 11) is 0.728. The average Bonchev–Trinajstić information content (AvgIpc) is 1.58. The molecule has 5 aliphatic heterocycles. The predicted octanol–water partition coefficient (Wildman–Crippen LogP) is 13.9. The number of thiazole rings is 2. The van der Waals surface area contributed by atoms with Crippen molar-refractivity contribution in [3.8, 4) is 45.8 Å². The lowest BCUT2D eigenvalue weighted by Gasteiger charge is -2.35. The first kappa shape index (κ1) is 101. The molecule has 12 atom stereocenters. The van der Waals surface area contributed by atoms with Gasteiger partial charge in [-0.15, -0.1) is 22.7 Å². The number of carboxylic acid groups (broad SMARTS) is 2. The van der Waals surface area contributed by atoms with Crippen molar-refractivity contribution in [1.29, 1.82) is 0 Å². The number of carbonyl (C=O) groups excluding carboxylic acids is 7. The minimum Gasteiger partial charge on any atom is -0.497 e. The summed E-state index contributed by atoms with van der Waals surface area (Å²) in [4.78, 5) is 149. The fraction of sp³-hybridized carbons (Fsp3) is 0.589. The monoisotopic (exact) mass is 1870 g/mol. The van der Waals surface area contributed by atoms with Gasteiger partial charge in [-0.3, -0.25) is 24.0 Å². The molecular weight excluding hydrogens is 1730 g/mol. The number of fused-ring (bicyclic) bond motifs is 6. The minimum absolute atomic E-state index is 0. The zero-order chi connectivity index (χ0) is 92.6. The number of anilines is 2. The predicted molar refractivity (Wildman–Crippen MR) is 506 cm³/mol. The number of aromatic nitrogens is 4. The normalized spacial score (nSPS) is 23.9. The number of likely N-dealkylation sites (tertiary alicyclic amines) is 1. The molecule has 4 aromatic heterocycles. The third kappa shape index (κ3) is 24.4. The van der Waals surface area contributed by atoms with Gasteiger partial charge in [0.2, 0.25) is 39.6 Å². The molecule has 2 unspecified atom stereocenters. The molecule has 33 nitrogen and oxygen atoms in total. The molecule has 3 aromatic carbocycles. The summed E-state index contributed by atoms with van der Waals surface area (Å²) in [6.07, 6.45) is 10.6. The third-order valence-corrected chi connectivity index (χ3v) is 29.1. The number of likely N-dealkylation sites (N-methyl/N-ethyl adjacent to an activating group) is 1. The highest BCUT2D eigenvalue weighted by atomic mass is 32.2. The Kier molecular flexibility index (Phi) is 33.0. The maximum atomic E-state index is 15.0. The number of rotatable bonds is 24. The van der Waals surface area contributed by atoms with Crippen LogP contribution in [0.4, 0.5) is 19.9 Å². The first-order valence-corrected chi connectivity index (χ1v) is 48.4. The number of pyridine rings is 2. The molecule has 9 amide bonds. The number of methoxy groups -OCH3 is 2. The van der Waals surface area contributed by atoms with Crippen molar-refractivity contribution in [3.63, 3.8) is 0 Å². The number of sulfonamides is 1. The molecule has 36 heteroatoms. The van der Waals surface area contributed by atoms with Gasteiger partial charge in [-0.25, -0.2) is 47.5 Å². The van der Waals surface area contributed by atoms with Gasteiger partial charge in [-0.1, -0.05) is 139 Å². The molecule has 9 heterocycles. The van der Waals surface area contributed by atoms with Gasteiger partial charge >= 0.3 is 24.0 Å². The largest absolute Gasteiger partial charge is 0.497 e. The lowest BCUT2D eigenvalue weighted by molar-refractivity contribution is -0.146. The van der Waals surface area contributed by atoms with E-state index in [1.54, 1.807) is 55.5 Å². The van der Waals surface area contributed by atoms with Crippen LogP contribution in [0.5, 0.6) is 23.0 Å². The smallest absolute Gasteiger partial charge is 0.329 e. The Morgan fingerprint density at radius 1 is 0.565 bits per heavy atom.